The van der Waals surface area contributed by atoms with Crippen molar-refractivity contribution in [1.82, 2.24) is 9.97 Å². The van der Waals surface area contributed by atoms with E-state index in [0.717, 1.165) is 12.8 Å². The van der Waals surface area contributed by atoms with Gasteiger partial charge in [0, 0.05) is 12.1 Å². The molecule has 2 heterocycles. The molecule has 82 valence electrons. The van der Waals surface area contributed by atoms with Crippen LogP contribution < -0.4 is 0 Å². The van der Waals surface area contributed by atoms with Crippen molar-refractivity contribution in [1.29, 1.82) is 0 Å². The van der Waals surface area contributed by atoms with E-state index in [-0.39, 0.29) is 5.56 Å². The van der Waals surface area contributed by atoms with Crippen molar-refractivity contribution in [3.05, 3.63) is 23.7 Å². The Morgan fingerprint density at radius 3 is 2.94 bits per heavy atom. The van der Waals surface area contributed by atoms with Crippen LogP contribution in [0.5, 0.6) is 0 Å². The molecule has 2 aromatic rings. The van der Waals surface area contributed by atoms with Gasteiger partial charge in [-0.3, -0.25) is 0 Å². The molecule has 1 aliphatic rings. The number of hydrogen-bond acceptors (Lipinski definition) is 4. The lowest BCUT2D eigenvalue weighted by molar-refractivity contribution is 0.0696. The van der Waals surface area contributed by atoms with Crippen LogP contribution in [0.1, 0.15) is 41.4 Å². The first-order valence-electron chi connectivity index (χ1n) is 5.24. The number of pyridine rings is 1. The molecule has 3 rings (SSSR count). The Hall–Kier alpha value is -1.91. The van der Waals surface area contributed by atoms with Crippen molar-refractivity contribution in [3.8, 4) is 0 Å². The number of oxazole rings is 1. The second-order valence-corrected chi connectivity index (χ2v) is 4.03. The maximum atomic E-state index is 10.8. The predicted molar refractivity (Wildman–Crippen MR) is 55.4 cm³/mol. The van der Waals surface area contributed by atoms with Crippen molar-refractivity contribution < 1.29 is 14.3 Å². The molecule has 16 heavy (non-hydrogen) atoms. The third-order valence-corrected chi connectivity index (χ3v) is 2.97. The monoisotopic (exact) mass is 218 g/mol. The summed E-state index contributed by atoms with van der Waals surface area (Å²) in [5.74, 6) is 0.0846. The molecule has 1 N–H and O–H groups in total. The highest BCUT2D eigenvalue weighted by molar-refractivity contribution is 5.90. The molecule has 0 unspecified atom stereocenters. The Morgan fingerprint density at radius 1 is 1.50 bits per heavy atom. The first kappa shape index (κ1) is 9.33. The number of aromatic nitrogens is 2. The average molecular weight is 218 g/mol. The number of carboxylic acids is 1. The lowest BCUT2D eigenvalue weighted by Gasteiger charge is -2.21. The lowest BCUT2D eigenvalue weighted by atomic mass is 9.85. The Bertz CT molecular complexity index is 557. The summed E-state index contributed by atoms with van der Waals surface area (Å²) in [6, 6.07) is 1.50. The van der Waals surface area contributed by atoms with Gasteiger partial charge in [0.25, 0.3) is 0 Å². The van der Waals surface area contributed by atoms with Crippen LogP contribution in [0, 0.1) is 0 Å². The first-order chi connectivity index (χ1) is 7.74. The zero-order chi connectivity index (χ0) is 11.1. The van der Waals surface area contributed by atoms with Gasteiger partial charge >= 0.3 is 5.97 Å². The van der Waals surface area contributed by atoms with E-state index >= 15 is 0 Å². The van der Waals surface area contributed by atoms with E-state index in [4.69, 9.17) is 9.52 Å². The number of carbonyl (C=O) groups is 1. The van der Waals surface area contributed by atoms with Gasteiger partial charge in [-0.05, 0) is 18.9 Å². The Kier molecular flexibility index (Phi) is 1.92. The van der Waals surface area contributed by atoms with E-state index in [2.05, 4.69) is 9.97 Å². The van der Waals surface area contributed by atoms with Crippen molar-refractivity contribution in [2.24, 2.45) is 0 Å². The second kappa shape index (κ2) is 3.30. The highest BCUT2D eigenvalue weighted by Crippen LogP contribution is 2.36. The van der Waals surface area contributed by atoms with Gasteiger partial charge in [-0.2, -0.15) is 0 Å². The number of nitrogens with zero attached hydrogens (tertiary/aromatic N) is 2. The minimum atomic E-state index is -0.998. The van der Waals surface area contributed by atoms with Crippen molar-refractivity contribution >= 4 is 17.2 Å². The SMILES string of the molecule is O=C(O)c1cnc2oc(C3CCC3)nc2c1. The van der Waals surface area contributed by atoms with Crippen LogP contribution in [0.25, 0.3) is 11.2 Å². The summed E-state index contributed by atoms with van der Waals surface area (Å²) in [6.07, 6.45) is 4.69. The molecule has 5 nitrogen and oxygen atoms in total. The van der Waals surface area contributed by atoms with Crippen LogP contribution in [0.2, 0.25) is 0 Å². The third kappa shape index (κ3) is 1.36. The Labute approximate surface area is 91.1 Å². The minimum Gasteiger partial charge on any atom is -0.478 e. The Morgan fingerprint density at radius 2 is 2.31 bits per heavy atom. The van der Waals surface area contributed by atoms with Crippen molar-refractivity contribution in [2.45, 2.75) is 25.2 Å². The fraction of sp³-hybridized carbons (Fsp3) is 0.364. The highest BCUT2D eigenvalue weighted by atomic mass is 16.4. The van der Waals surface area contributed by atoms with E-state index in [0.29, 0.717) is 23.0 Å². The number of rotatable bonds is 2. The maximum Gasteiger partial charge on any atom is 0.337 e. The van der Waals surface area contributed by atoms with E-state index in [1.807, 2.05) is 0 Å². The molecule has 0 amide bonds. The number of aromatic carboxylic acids is 1. The van der Waals surface area contributed by atoms with Crippen molar-refractivity contribution in [2.75, 3.05) is 0 Å². The summed E-state index contributed by atoms with van der Waals surface area (Å²) in [5, 5.41) is 8.82. The molecule has 1 fully saturated rings. The topological polar surface area (TPSA) is 76.2 Å². The zero-order valence-electron chi connectivity index (χ0n) is 8.51. The minimum absolute atomic E-state index is 0.140. The summed E-state index contributed by atoms with van der Waals surface area (Å²) in [4.78, 5) is 19.0. The summed E-state index contributed by atoms with van der Waals surface area (Å²) in [5.41, 5.74) is 1.09. The van der Waals surface area contributed by atoms with Crippen LogP contribution in [0.4, 0.5) is 0 Å². The quantitative estimate of drug-likeness (QED) is 0.836. The fourth-order valence-electron chi connectivity index (χ4n) is 1.79. The molecule has 5 heteroatoms. The molecule has 0 bridgehead atoms. The van der Waals surface area contributed by atoms with E-state index in [1.54, 1.807) is 0 Å². The van der Waals surface area contributed by atoms with Gasteiger partial charge in [-0.1, -0.05) is 6.42 Å². The smallest absolute Gasteiger partial charge is 0.337 e. The normalized spacial score (nSPS) is 16.2. The number of hydrogen-bond donors (Lipinski definition) is 1. The molecular weight excluding hydrogens is 208 g/mol. The molecule has 0 atom stereocenters. The van der Waals surface area contributed by atoms with Gasteiger partial charge in [0.15, 0.2) is 0 Å². The molecule has 2 aromatic heterocycles. The van der Waals surface area contributed by atoms with Gasteiger partial charge < -0.3 is 9.52 Å². The van der Waals surface area contributed by atoms with Gasteiger partial charge in [0.2, 0.25) is 11.6 Å². The standard InChI is InChI=1S/C11H10N2O3/c14-11(15)7-4-8-10(12-5-7)16-9(13-8)6-2-1-3-6/h4-6H,1-3H2,(H,14,15). The van der Waals surface area contributed by atoms with Crippen LogP contribution >= 0.6 is 0 Å². The molecular formula is C11H10N2O3. The van der Waals surface area contributed by atoms with Crippen LogP contribution in [0.3, 0.4) is 0 Å². The first-order valence-corrected chi connectivity index (χ1v) is 5.24. The van der Waals surface area contributed by atoms with Gasteiger partial charge in [0.1, 0.15) is 5.52 Å². The maximum absolute atomic E-state index is 10.8. The van der Waals surface area contributed by atoms with Gasteiger partial charge in [-0.25, -0.2) is 14.8 Å². The average Bonchev–Trinajstić information content (AvgIpc) is 2.56. The van der Waals surface area contributed by atoms with E-state index in [9.17, 15) is 4.79 Å². The molecule has 1 saturated carbocycles. The molecule has 1 aliphatic carbocycles. The second-order valence-electron chi connectivity index (χ2n) is 4.03. The van der Waals surface area contributed by atoms with Crippen LogP contribution in [-0.4, -0.2) is 21.0 Å². The highest BCUT2D eigenvalue weighted by Gasteiger charge is 2.25. The van der Waals surface area contributed by atoms with Gasteiger partial charge in [-0.15, -0.1) is 0 Å². The summed E-state index contributed by atoms with van der Waals surface area (Å²) in [7, 11) is 0. The molecule has 0 spiro atoms. The van der Waals surface area contributed by atoms with E-state index < -0.39 is 5.97 Å². The number of carboxylic acid groups (broad SMARTS) is 1. The third-order valence-electron chi connectivity index (χ3n) is 2.97. The molecule has 0 radical (unpaired) electrons. The largest absolute Gasteiger partial charge is 0.478 e. The lowest BCUT2D eigenvalue weighted by Crippen LogP contribution is -2.08. The number of fused-ring (bicyclic) bond motifs is 1. The van der Waals surface area contributed by atoms with Crippen LogP contribution in [0.15, 0.2) is 16.7 Å². The molecule has 0 aromatic carbocycles. The summed E-state index contributed by atoms with van der Waals surface area (Å²) < 4.78 is 5.49. The zero-order valence-corrected chi connectivity index (χ0v) is 8.51. The van der Waals surface area contributed by atoms with Crippen LogP contribution in [-0.2, 0) is 0 Å². The summed E-state index contributed by atoms with van der Waals surface area (Å²) in [6.45, 7) is 0. The molecule has 0 aliphatic heterocycles. The Balaban J connectivity index is 2.06. The van der Waals surface area contributed by atoms with Gasteiger partial charge in [0.05, 0.1) is 5.56 Å². The molecule has 0 saturated heterocycles. The van der Waals surface area contributed by atoms with Crippen molar-refractivity contribution in [3.63, 3.8) is 0 Å². The summed E-state index contributed by atoms with van der Waals surface area (Å²) >= 11 is 0. The fourth-order valence-corrected chi connectivity index (χ4v) is 1.79. The van der Waals surface area contributed by atoms with E-state index in [1.165, 1.54) is 18.7 Å². The predicted octanol–water partition coefficient (Wildman–Crippen LogP) is 2.19.